The lowest BCUT2D eigenvalue weighted by molar-refractivity contribution is -0.120. The van der Waals surface area contributed by atoms with Crippen molar-refractivity contribution in [3.05, 3.63) is 63.9 Å². The van der Waals surface area contributed by atoms with Crippen LogP contribution in [0.5, 0.6) is 0 Å². The summed E-state index contributed by atoms with van der Waals surface area (Å²) in [4.78, 5) is 16.9. The summed E-state index contributed by atoms with van der Waals surface area (Å²) in [6, 6.07) is 9.92. The molecule has 1 amide bonds. The smallest absolute Gasteiger partial charge is 0.226 e. The van der Waals surface area contributed by atoms with E-state index in [9.17, 15) is 4.79 Å². The van der Waals surface area contributed by atoms with Crippen molar-refractivity contribution in [2.24, 2.45) is 0 Å². The molecule has 0 aliphatic heterocycles. The van der Waals surface area contributed by atoms with Crippen LogP contribution >= 0.6 is 11.3 Å². The molecule has 0 aliphatic rings. The first-order valence-corrected chi connectivity index (χ1v) is 10.8. The Morgan fingerprint density at radius 2 is 1.96 bits per heavy atom. The maximum Gasteiger partial charge on any atom is 0.226 e. The summed E-state index contributed by atoms with van der Waals surface area (Å²) in [5.41, 5.74) is 5.43. The molecule has 0 radical (unpaired) electrons. The number of aromatic nitrogens is 3. The summed E-state index contributed by atoms with van der Waals surface area (Å²) in [5, 5.41) is 10.4. The van der Waals surface area contributed by atoms with E-state index in [1.54, 1.807) is 0 Å². The van der Waals surface area contributed by atoms with Crippen LogP contribution in [0.3, 0.4) is 0 Å². The van der Waals surface area contributed by atoms with Crippen LogP contribution in [0.15, 0.2) is 35.7 Å². The Balaban J connectivity index is 1.62. The highest BCUT2D eigenvalue weighted by Gasteiger charge is 2.15. The molecule has 0 fully saturated rings. The van der Waals surface area contributed by atoms with Gasteiger partial charge in [0.15, 0.2) is 0 Å². The molecule has 0 saturated heterocycles. The molecule has 148 valence electrons. The number of rotatable bonds is 9. The number of aryl methyl sites for hydroxylation is 1. The highest BCUT2D eigenvalue weighted by atomic mass is 32.1. The quantitative estimate of drug-likeness (QED) is 0.540. The molecule has 0 bridgehead atoms. The summed E-state index contributed by atoms with van der Waals surface area (Å²) < 4.78 is 1.92. The monoisotopic (exact) mass is 396 g/mol. The fraction of sp³-hybridized carbons (Fsp3) is 0.409. The summed E-state index contributed by atoms with van der Waals surface area (Å²) >= 11 is 1.53. The third kappa shape index (κ3) is 5.07. The van der Waals surface area contributed by atoms with Crippen LogP contribution in [0.1, 0.15) is 54.4 Å². The van der Waals surface area contributed by atoms with Gasteiger partial charge in [0.25, 0.3) is 0 Å². The van der Waals surface area contributed by atoms with Gasteiger partial charge in [0, 0.05) is 17.6 Å². The van der Waals surface area contributed by atoms with Gasteiger partial charge in [-0.05, 0) is 37.8 Å². The first kappa shape index (κ1) is 20.3. The molecule has 2 heterocycles. The number of carbonyl (C=O) groups excluding carboxylic acids is 1. The highest BCUT2D eigenvalue weighted by molar-refractivity contribution is 7.12. The summed E-state index contributed by atoms with van der Waals surface area (Å²) in [6.45, 7) is 6.93. The van der Waals surface area contributed by atoms with Gasteiger partial charge in [0.2, 0.25) is 11.0 Å². The first-order valence-electron chi connectivity index (χ1n) is 9.89. The zero-order valence-electron chi connectivity index (χ0n) is 16.9. The Morgan fingerprint density at radius 3 is 2.71 bits per heavy atom. The van der Waals surface area contributed by atoms with Crippen LogP contribution in [0.25, 0.3) is 5.13 Å². The van der Waals surface area contributed by atoms with E-state index in [2.05, 4.69) is 31.1 Å². The SMILES string of the molecule is CCCCCc1c(C)nn(-c2nc(CC(=O)NCc3ccccc3)cs2)c1C. The average Bonchev–Trinajstić information content (AvgIpc) is 3.26. The van der Waals surface area contributed by atoms with Crippen LogP contribution < -0.4 is 5.32 Å². The molecule has 0 saturated carbocycles. The molecule has 5 nitrogen and oxygen atoms in total. The molecule has 0 spiro atoms. The largest absolute Gasteiger partial charge is 0.352 e. The zero-order valence-corrected chi connectivity index (χ0v) is 17.7. The third-order valence-electron chi connectivity index (χ3n) is 4.87. The van der Waals surface area contributed by atoms with Crippen molar-refractivity contribution in [3.63, 3.8) is 0 Å². The third-order valence-corrected chi connectivity index (χ3v) is 5.73. The van der Waals surface area contributed by atoms with E-state index in [1.807, 2.05) is 40.4 Å². The second kappa shape index (κ2) is 9.64. The second-order valence-electron chi connectivity index (χ2n) is 7.08. The first-order chi connectivity index (χ1) is 13.6. The van der Waals surface area contributed by atoms with Gasteiger partial charge >= 0.3 is 0 Å². The van der Waals surface area contributed by atoms with Gasteiger partial charge in [-0.1, -0.05) is 50.1 Å². The number of carbonyl (C=O) groups is 1. The van der Waals surface area contributed by atoms with Gasteiger partial charge < -0.3 is 5.32 Å². The molecule has 3 aromatic rings. The molecule has 0 aliphatic carbocycles. The normalized spacial score (nSPS) is 11.0. The van der Waals surface area contributed by atoms with E-state index in [0.29, 0.717) is 6.54 Å². The molecular weight excluding hydrogens is 368 g/mol. The van der Waals surface area contributed by atoms with Crippen LogP contribution in [-0.2, 0) is 24.2 Å². The molecule has 2 aromatic heterocycles. The van der Waals surface area contributed by atoms with E-state index in [1.165, 1.54) is 36.2 Å². The average molecular weight is 397 g/mol. The van der Waals surface area contributed by atoms with Crippen LogP contribution in [-0.4, -0.2) is 20.7 Å². The number of unbranched alkanes of at least 4 members (excludes halogenated alkanes) is 2. The highest BCUT2D eigenvalue weighted by Crippen LogP contribution is 2.22. The maximum atomic E-state index is 12.2. The summed E-state index contributed by atoms with van der Waals surface area (Å²) in [5.74, 6) is -0.0191. The van der Waals surface area contributed by atoms with Crippen molar-refractivity contribution in [2.75, 3.05) is 0 Å². The van der Waals surface area contributed by atoms with E-state index in [4.69, 9.17) is 5.10 Å². The maximum absolute atomic E-state index is 12.2. The number of benzene rings is 1. The molecule has 1 aromatic carbocycles. The Bertz CT molecular complexity index is 914. The van der Waals surface area contributed by atoms with Gasteiger partial charge in [-0.3, -0.25) is 4.79 Å². The van der Waals surface area contributed by atoms with Crippen molar-refractivity contribution in [2.45, 2.75) is 59.4 Å². The summed E-state index contributed by atoms with van der Waals surface area (Å²) in [6.07, 6.45) is 4.99. The minimum absolute atomic E-state index is 0.0191. The molecule has 0 unspecified atom stereocenters. The van der Waals surface area contributed by atoms with Crippen molar-refractivity contribution < 1.29 is 4.79 Å². The van der Waals surface area contributed by atoms with Crippen molar-refractivity contribution >= 4 is 17.2 Å². The fourth-order valence-corrected chi connectivity index (χ4v) is 4.10. The van der Waals surface area contributed by atoms with Crippen molar-refractivity contribution in [1.29, 1.82) is 0 Å². The lowest BCUT2D eigenvalue weighted by atomic mass is 10.1. The second-order valence-corrected chi connectivity index (χ2v) is 7.92. The van der Waals surface area contributed by atoms with E-state index >= 15 is 0 Å². The number of hydrogen-bond donors (Lipinski definition) is 1. The van der Waals surface area contributed by atoms with E-state index < -0.39 is 0 Å². The number of amides is 1. The standard InChI is InChI=1S/C22H28N4OS/c1-4-5-7-12-20-16(2)25-26(17(20)3)22-24-19(15-28-22)13-21(27)23-14-18-10-8-6-9-11-18/h6,8-11,15H,4-5,7,12-14H2,1-3H3,(H,23,27). The molecule has 28 heavy (non-hydrogen) atoms. The van der Waals surface area contributed by atoms with Crippen molar-refractivity contribution in [1.82, 2.24) is 20.1 Å². The number of hydrogen-bond acceptors (Lipinski definition) is 4. The van der Waals surface area contributed by atoms with Gasteiger partial charge in [-0.25, -0.2) is 9.67 Å². The number of nitrogens with zero attached hydrogens (tertiary/aromatic N) is 3. The number of nitrogens with one attached hydrogen (secondary N) is 1. The van der Waals surface area contributed by atoms with Gasteiger partial charge in [-0.2, -0.15) is 5.10 Å². The van der Waals surface area contributed by atoms with E-state index in [0.717, 1.165) is 34.2 Å². The Kier molecular flexibility index (Phi) is 6.98. The lowest BCUT2D eigenvalue weighted by Gasteiger charge is -2.04. The molecule has 0 atom stereocenters. The predicted molar refractivity (Wildman–Crippen MR) is 114 cm³/mol. The van der Waals surface area contributed by atoms with E-state index in [-0.39, 0.29) is 12.3 Å². The van der Waals surface area contributed by atoms with Crippen molar-refractivity contribution in [3.8, 4) is 5.13 Å². The topological polar surface area (TPSA) is 59.8 Å². The molecule has 1 N–H and O–H groups in total. The number of thiazole rings is 1. The predicted octanol–water partition coefficient (Wildman–Crippen LogP) is 4.54. The van der Waals surface area contributed by atoms with Crippen LogP contribution in [0.4, 0.5) is 0 Å². The Hall–Kier alpha value is -2.47. The minimum Gasteiger partial charge on any atom is -0.352 e. The molecule has 3 rings (SSSR count). The Labute approximate surface area is 170 Å². The lowest BCUT2D eigenvalue weighted by Crippen LogP contribution is -2.24. The zero-order chi connectivity index (χ0) is 19.9. The Morgan fingerprint density at radius 1 is 1.18 bits per heavy atom. The molecular formula is C22H28N4OS. The molecule has 6 heteroatoms. The van der Waals surface area contributed by atoms with Crippen LogP contribution in [0, 0.1) is 13.8 Å². The van der Waals surface area contributed by atoms with Gasteiger partial charge in [0.1, 0.15) is 0 Å². The summed E-state index contributed by atoms with van der Waals surface area (Å²) in [7, 11) is 0. The fourth-order valence-electron chi connectivity index (χ4n) is 3.27. The van der Waals surface area contributed by atoms with Gasteiger partial charge in [0.05, 0.1) is 17.8 Å². The van der Waals surface area contributed by atoms with Crippen LogP contribution in [0.2, 0.25) is 0 Å². The minimum atomic E-state index is -0.0191. The van der Waals surface area contributed by atoms with Gasteiger partial charge in [-0.15, -0.1) is 11.3 Å².